The zero-order valence-corrected chi connectivity index (χ0v) is 20.1. The zero-order valence-electron chi connectivity index (χ0n) is 20.1. The molecular formula is C27H32N2O5. The molecule has 1 aliphatic heterocycles. The van der Waals surface area contributed by atoms with Crippen LogP contribution in [0.4, 0.5) is 4.79 Å². The number of carboxylic acids is 1. The number of nitrogens with one attached hydrogen (secondary N) is 1. The summed E-state index contributed by atoms with van der Waals surface area (Å²) in [6.07, 6.45) is -0.308. The smallest absolute Gasteiger partial charge is 0.408 e. The Bertz CT molecular complexity index is 1090. The summed E-state index contributed by atoms with van der Waals surface area (Å²) in [4.78, 5) is 39.5. The molecule has 3 atom stereocenters. The number of carboxylic acid groups (broad SMARTS) is 1. The molecule has 2 amide bonds. The normalized spacial score (nSPS) is 23.1. The van der Waals surface area contributed by atoms with E-state index < -0.39 is 23.0 Å². The van der Waals surface area contributed by atoms with Crippen molar-refractivity contribution in [3.05, 3.63) is 59.7 Å². The largest absolute Gasteiger partial charge is 0.481 e. The van der Waals surface area contributed by atoms with Crippen molar-refractivity contribution >= 4 is 18.0 Å². The predicted molar refractivity (Wildman–Crippen MR) is 128 cm³/mol. The first kappa shape index (κ1) is 23.8. The molecule has 0 bridgehead atoms. The van der Waals surface area contributed by atoms with Gasteiger partial charge in [-0.3, -0.25) is 9.59 Å². The molecule has 0 saturated carbocycles. The number of carbonyl (C=O) groups excluding carboxylic acids is 2. The molecule has 7 nitrogen and oxygen atoms in total. The molecule has 7 heteroatoms. The van der Waals surface area contributed by atoms with Crippen LogP contribution >= 0.6 is 0 Å². The summed E-state index contributed by atoms with van der Waals surface area (Å²) in [6, 6.07) is 16.2. The molecule has 0 spiro atoms. The van der Waals surface area contributed by atoms with Crippen molar-refractivity contribution in [1.29, 1.82) is 0 Å². The number of ether oxygens (including phenoxy) is 1. The maximum absolute atomic E-state index is 13.3. The van der Waals surface area contributed by atoms with Gasteiger partial charge in [-0.25, -0.2) is 4.79 Å². The number of alkyl carbamates (subject to hydrolysis) is 1. The van der Waals surface area contributed by atoms with Crippen LogP contribution in [-0.4, -0.2) is 53.2 Å². The van der Waals surface area contributed by atoms with E-state index in [1.54, 1.807) is 18.7 Å². The molecule has 1 heterocycles. The van der Waals surface area contributed by atoms with Crippen molar-refractivity contribution in [2.45, 2.75) is 45.6 Å². The fourth-order valence-electron chi connectivity index (χ4n) is 5.08. The number of nitrogens with zero attached hydrogens (tertiary/aromatic N) is 1. The first-order valence-corrected chi connectivity index (χ1v) is 11.8. The van der Waals surface area contributed by atoms with Crippen LogP contribution in [-0.2, 0) is 14.3 Å². The number of amides is 2. The van der Waals surface area contributed by atoms with Crippen LogP contribution in [0.1, 0.15) is 51.2 Å². The van der Waals surface area contributed by atoms with Crippen LogP contribution in [0.5, 0.6) is 0 Å². The number of hydrogen-bond acceptors (Lipinski definition) is 4. The highest BCUT2D eigenvalue weighted by Crippen LogP contribution is 2.44. The first-order valence-electron chi connectivity index (χ1n) is 11.8. The van der Waals surface area contributed by atoms with Gasteiger partial charge in [0.15, 0.2) is 0 Å². The summed E-state index contributed by atoms with van der Waals surface area (Å²) >= 11 is 0. The van der Waals surface area contributed by atoms with E-state index >= 15 is 0 Å². The Morgan fingerprint density at radius 1 is 1.12 bits per heavy atom. The van der Waals surface area contributed by atoms with Crippen LogP contribution in [0, 0.1) is 11.3 Å². The number of aliphatic carboxylic acids is 1. The average molecular weight is 465 g/mol. The van der Waals surface area contributed by atoms with E-state index in [0.717, 1.165) is 22.3 Å². The summed E-state index contributed by atoms with van der Waals surface area (Å²) in [5, 5.41) is 12.4. The second-order valence-electron chi connectivity index (χ2n) is 9.95. The Morgan fingerprint density at radius 3 is 2.18 bits per heavy atom. The number of carbonyl (C=O) groups is 3. The summed E-state index contributed by atoms with van der Waals surface area (Å²) in [6.45, 7) is 7.59. The van der Waals surface area contributed by atoms with Crippen molar-refractivity contribution in [1.82, 2.24) is 10.2 Å². The lowest BCUT2D eigenvalue weighted by Gasteiger charge is -2.33. The van der Waals surface area contributed by atoms with Crippen molar-refractivity contribution < 1.29 is 24.2 Å². The lowest BCUT2D eigenvalue weighted by Crippen LogP contribution is -2.57. The minimum atomic E-state index is -1.19. The van der Waals surface area contributed by atoms with Crippen LogP contribution < -0.4 is 5.32 Å². The van der Waals surface area contributed by atoms with Crippen LogP contribution in [0.2, 0.25) is 0 Å². The van der Waals surface area contributed by atoms with Gasteiger partial charge in [0.2, 0.25) is 5.91 Å². The third-order valence-electron chi connectivity index (χ3n) is 7.78. The molecule has 2 aromatic rings. The van der Waals surface area contributed by atoms with Crippen molar-refractivity contribution in [3.8, 4) is 11.1 Å². The zero-order chi connectivity index (χ0) is 24.7. The monoisotopic (exact) mass is 464 g/mol. The Balaban J connectivity index is 1.44. The highest BCUT2D eigenvalue weighted by atomic mass is 16.5. The van der Waals surface area contributed by atoms with Crippen LogP contribution in [0.25, 0.3) is 11.1 Å². The molecule has 1 fully saturated rings. The van der Waals surface area contributed by atoms with E-state index in [1.807, 2.05) is 38.1 Å². The maximum Gasteiger partial charge on any atom is 0.408 e. The molecule has 2 N–H and O–H groups in total. The first-order chi connectivity index (χ1) is 16.1. The fourth-order valence-corrected chi connectivity index (χ4v) is 5.08. The van der Waals surface area contributed by atoms with Gasteiger partial charge in [0.25, 0.3) is 0 Å². The molecule has 0 radical (unpaired) electrons. The molecule has 0 aromatic heterocycles. The van der Waals surface area contributed by atoms with E-state index in [2.05, 4.69) is 29.6 Å². The third-order valence-corrected chi connectivity index (χ3v) is 7.78. The van der Waals surface area contributed by atoms with E-state index in [-0.39, 0.29) is 30.9 Å². The molecule has 34 heavy (non-hydrogen) atoms. The van der Waals surface area contributed by atoms with Gasteiger partial charge in [-0.15, -0.1) is 0 Å². The topological polar surface area (TPSA) is 95.9 Å². The Hall–Kier alpha value is -3.35. The summed E-state index contributed by atoms with van der Waals surface area (Å²) in [5.74, 6) is -1.47. The molecule has 2 aromatic carbocycles. The SMILES string of the molecule is CCC(C)(NC(=O)OCC1c2ccccc2-c2ccccc21)C(=O)N1CC(C)C(C)(C(=O)O)C1. The Labute approximate surface area is 200 Å². The molecule has 1 saturated heterocycles. The minimum absolute atomic E-state index is 0.0718. The fraction of sp³-hybridized carbons (Fsp3) is 0.444. The van der Waals surface area contributed by atoms with E-state index in [4.69, 9.17) is 4.74 Å². The minimum Gasteiger partial charge on any atom is -0.481 e. The van der Waals surface area contributed by atoms with Crippen molar-refractivity contribution in [2.75, 3.05) is 19.7 Å². The maximum atomic E-state index is 13.3. The molecule has 3 unspecified atom stereocenters. The predicted octanol–water partition coefficient (Wildman–Crippen LogP) is 4.26. The molecule has 1 aliphatic carbocycles. The molecular weight excluding hydrogens is 432 g/mol. The standard InChI is InChI=1S/C27H32N2O5/c1-5-27(4,23(30)29-14-17(2)26(3,16-29)24(31)32)28-25(33)34-15-22-20-12-8-6-10-18(20)19-11-7-9-13-21(19)22/h6-13,17,22H,5,14-16H2,1-4H3,(H,28,33)(H,31,32). The lowest BCUT2D eigenvalue weighted by atomic mass is 9.81. The van der Waals surface area contributed by atoms with E-state index in [1.165, 1.54) is 0 Å². The quantitative estimate of drug-likeness (QED) is 0.666. The average Bonchev–Trinajstić information content (AvgIpc) is 3.32. The van der Waals surface area contributed by atoms with Gasteiger partial charge in [0, 0.05) is 19.0 Å². The van der Waals surface area contributed by atoms with Crippen LogP contribution in [0.3, 0.4) is 0 Å². The second-order valence-corrected chi connectivity index (χ2v) is 9.95. The highest BCUT2D eigenvalue weighted by Gasteiger charge is 2.50. The number of benzene rings is 2. The molecule has 2 aliphatic rings. The van der Waals surface area contributed by atoms with Gasteiger partial charge >= 0.3 is 12.1 Å². The van der Waals surface area contributed by atoms with Gasteiger partial charge in [0.1, 0.15) is 12.1 Å². The third kappa shape index (κ3) is 3.93. The van der Waals surface area contributed by atoms with Gasteiger partial charge in [-0.2, -0.15) is 0 Å². The number of hydrogen-bond donors (Lipinski definition) is 2. The number of rotatable bonds is 6. The van der Waals surface area contributed by atoms with E-state index in [9.17, 15) is 19.5 Å². The van der Waals surface area contributed by atoms with Crippen molar-refractivity contribution in [3.63, 3.8) is 0 Å². The number of fused-ring (bicyclic) bond motifs is 3. The van der Waals surface area contributed by atoms with Gasteiger partial charge in [0.05, 0.1) is 5.41 Å². The molecule has 180 valence electrons. The van der Waals surface area contributed by atoms with Gasteiger partial charge in [-0.1, -0.05) is 62.4 Å². The van der Waals surface area contributed by atoms with Crippen LogP contribution in [0.15, 0.2) is 48.5 Å². The molecule has 4 rings (SSSR count). The van der Waals surface area contributed by atoms with E-state index in [0.29, 0.717) is 13.0 Å². The Morgan fingerprint density at radius 2 is 1.68 bits per heavy atom. The van der Waals surface area contributed by atoms with Gasteiger partial charge in [-0.05, 0) is 48.4 Å². The highest BCUT2D eigenvalue weighted by molar-refractivity contribution is 5.91. The van der Waals surface area contributed by atoms with Crippen molar-refractivity contribution in [2.24, 2.45) is 11.3 Å². The summed E-state index contributed by atoms with van der Waals surface area (Å²) in [5.41, 5.74) is 2.32. The second kappa shape index (κ2) is 8.78. The number of likely N-dealkylation sites (tertiary alicyclic amines) is 1. The lowest BCUT2D eigenvalue weighted by molar-refractivity contribution is -0.149. The van der Waals surface area contributed by atoms with Gasteiger partial charge < -0.3 is 20.1 Å². The summed E-state index contributed by atoms with van der Waals surface area (Å²) < 4.78 is 5.64. The summed E-state index contributed by atoms with van der Waals surface area (Å²) in [7, 11) is 0. The Kier molecular flexibility index (Phi) is 6.14.